The van der Waals surface area contributed by atoms with Gasteiger partial charge in [-0.1, -0.05) is 131 Å². The van der Waals surface area contributed by atoms with E-state index in [4.69, 9.17) is 4.98 Å². The minimum atomic E-state index is 0.238. The molecule has 0 saturated carbocycles. The van der Waals surface area contributed by atoms with Gasteiger partial charge in [-0.05, 0) is 59.0 Å². The third-order valence-corrected chi connectivity index (χ3v) is 10.1. The largest absolute Gasteiger partial charge is 0.507 e. The number of phenolic OH excluding ortho intramolecular Hbond substituents is 1. The van der Waals surface area contributed by atoms with Crippen molar-refractivity contribution in [3.05, 3.63) is 95.6 Å². The Morgan fingerprint density at radius 2 is 1.50 bits per heavy atom. The van der Waals surface area contributed by atoms with Crippen LogP contribution in [0.15, 0.2) is 88.2 Å². The highest BCUT2D eigenvalue weighted by atomic mass is 32.2. The van der Waals surface area contributed by atoms with Gasteiger partial charge in [-0.15, -0.1) is 11.3 Å². The number of hydrogen-bond donors (Lipinski definition) is 1. The molecule has 0 amide bonds. The molecule has 0 radical (unpaired) electrons. The van der Waals surface area contributed by atoms with E-state index in [9.17, 15) is 5.11 Å². The van der Waals surface area contributed by atoms with E-state index in [1.807, 2.05) is 42.5 Å². The van der Waals surface area contributed by atoms with Crippen molar-refractivity contribution in [2.24, 2.45) is 4.99 Å². The lowest BCUT2D eigenvalue weighted by Gasteiger charge is -2.05. The predicted octanol–water partition coefficient (Wildman–Crippen LogP) is 11.7. The molecule has 0 atom stereocenters. The SMILES string of the molecule is CCCCCCCCCCCCc1ccc(CSc2nc3ccc(N=Cc4c(O)ccc5ccccc45)cc3s2)cc1. The van der Waals surface area contributed by atoms with Crippen LogP contribution in [0, 0.1) is 0 Å². The zero-order chi connectivity index (χ0) is 29.0. The number of aliphatic imine (C=N–C) groups is 1. The molecule has 4 aromatic carbocycles. The standard InChI is InChI=1S/C37H42N2OS2/c1-2-3-4-5-6-7-8-9-10-11-14-28-17-19-29(20-18-28)27-41-37-39-34-23-22-31(25-36(34)42-37)38-26-33-32-16-13-12-15-30(32)21-24-35(33)40/h12-13,15-26,40H,2-11,14,27H2,1H3. The monoisotopic (exact) mass is 594 g/mol. The van der Waals surface area contributed by atoms with Gasteiger partial charge in [0.05, 0.1) is 15.9 Å². The molecule has 0 unspecified atom stereocenters. The number of benzene rings is 4. The molecule has 0 aliphatic carbocycles. The summed E-state index contributed by atoms with van der Waals surface area (Å²) in [7, 11) is 0. The Labute approximate surface area is 259 Å². The molecule has 0 bridgehead atoms. The number of aryl methyl sites for hydroxylation is 1. The van der Waals surface area contributed by atoms with Gasteiger partial charge in [0.2, 0.25) is 0 Å². The third kappa shape index (κ3) is 8.68. The highest BCUT2D eigenvalue weighted by Gasteiger charge is 2.08. The molecule has 0 saturated heterocycles. The molecule has 218 valence electrons. The van der Waals surface area contributed by atoms with Crippen molar-refractivity contribution in [3.8, 4) is 5.75 Å². The number of nitrogens with zero attached hydrogens (tertiary/aromatic N) is 2. The third-order valence-electron chi connectivity index (χ3n) is 7.85. The van der Waals surface area contributed by atoms with Gasteiger partial charge in [-0.25, -0.2) is 4.98 Å². The fourth-order valence-electron chi connectivity index (χ4n) is 5.36. The number of aromatic nitrogens is 1. The molecule has 1 aromatic heterocycles. The van der Waals surface area contributed by atoms with Crippen molar-refractivity contribution in [2.75, 3.05) is 0 Å². The zero-order valence-electron chi connectivity index (χ0n) is 24.7. The van der Waals surface area contributed by atoms with E-state index >= 15 is 0 Å². The summed E-state index contributed by atoms with van der Waals surface area (Å²) < 4.78 is 2.20. The van der Waals surface area contributed by atoms with Crippen molar-refractivity contribution < 1.29 is 5.11 Å². The molecule has 5 rings (SSSR count). The molecule has 0 aliphatic heterocycles. The lowest BCUT2D eigenvalue weighted by molar-refractivity contribution is 0.475. The Hall–Kier alpha value is -3.15. The van der Waals surface area contributed by atoms with Crippen LogP contribution in [0.4, 0.5) is 5.69 Å². The highest BCUT2D eigenvalue weighted by Crippen LogP contribution is 2.34. The van der Waals surface area contributed by atoms with Crippen LogP contribution in [0.1, 0.15) is 87.8 Å². The normalized spacial score (nSPS) is 11.7. The van der Waals surface area contributed by atoms with Gasteiger partial charge in [0, 0.05) is 17.5 Å². The van der Waals surface area contributed by atoms with Crippen LogP contribution in [0.5, 0.6) is 5.75 Å². The summed E-state index contributed by atoms with van der Waals surface area (Å²) in [6, 6.07) is 27.0. The molecule has 1 heterocycles. The molecule has 0 aliphatic rings. The minimum Gasteiger partial charge on any atom is -0.507 e. The summed E-state index contributed by atoms with van der Waals surface area (Å²) >= 11 is 3.51. The van der Waals surface area contributed by atoms with Gasteiger partial charge in [-0.3, -0.25) is 4.99 Å². The second-order valence-electron chi connectivity index (χ2n) is 11.1. The average Bonchev–Trinajstić information content (AvgIpc) is 3.43. The lowest BCUT2D eigenvalue weighted by Crippen LogP contribution is -1.88. The smallest absolute Gasteiger partial charge is 0.151 e. The van der Waals surface area contributed by atoms with Gasteiger partial charge in [0.1, 0.15) is 5.75 Å². The Bertz CT molecular complexity index is 1590. The van der Waals surface area contributed by atoms with E-state index in [1.165, 1.54) is 81.8 Å². The summed E-state index contributed by atoms with van der Waals surface area (Å²) in [5.74, 6) is 1.16. The Balaban J connectivity index is 1.08. The van der Waals surface area contributed by atoms with Gasteiger partial charge in [0.15, 0.2) is 4.34 Å². The second kappa shape index (κ2) is 15.9. The number of unbranched alkanes of at least 4 members (excludes halogenated alkanes) is 9. The van der Waals surface area contributed by atoms with Crippen LogP contribution in [-0.4, -0.2) is 16.3 Å². The van der Waals surface area contributed by atoms with Crippen LogP contribution < -0.4 is 0 Å². The predicted molar refractivity (Wildman–Crippen MR) is 184 cm³/mol. The van der Waals surface area contributed by atoms with E-state index < -0.39 is 0 Å². The Kier molecular flexibility index (Phi) is 11.5. The first kappa shape index (κ1) is 30.3. The van der Waals surface area contributed by atoms with Crippen LogP contribution in [0.2, 0.25) is 0 Å². The fourth-order valence-corrected chi connectivity index (χ4v) is 7.41. The summed E-state index contributed by atoms with van der Waals surface area (Å²) in [6.45, 7) is 2.28. The van der Waals surface area contributed by atoms with Crippen molar-refractivity contribution >= 4 is 56.0 Å². The van der Waals surface area contributed by atoms with Gasteiger partial charge in [-0.2, -0.15) is 0 Å². The van der Waals surface area contributed by atoms with Gasteiger partial charge < -0.3 is 5.11 Å². The summed E-state index contributed by atoms with van der Waals surface area (Å²) in [5.41, 5.74) is 5.39. The molecule has 5 heteroatoms. The van der Waals surface area contributed by atoms with E-state index in [1.54, 1.807) is 35.4 Å². The maximum absolute atomic E-state index is 10.4. The Morgan fingerprint density at radius 1 is 0.786 bits per heavy atom. The van der Waals surface area contributed by atoms with Crippen molar-refractivity contribution in [2.45, 2.75) is 87.6 Å². The number of hydrogen-bond acceptors (Lipinski definition) is 5. The van der Waals surface area contributed by atoms with E-state index in [-0.39, 0.29) is 5.75 Å². The fraction of sp³-hybridized carbons (Fsp3) is 0.351. The zero-order valence-corrected chi connectivity index (χ0v) is 26.4. The van der Waals surface area contributed by atoms with Gasteiger partial charge in [0.25, 0.3) is 0 Å². The van der Waals surface area contributed by atoms with Crippen LogP contribution in [0.25, 0.3) is 21.0 Å². The Morgan fingerprint density at radius 3 is 2.29 bits per heavy atom. The molecule has 0 spiro atoms. The second-order valence-corrected chi connectivity index (χ2v) is 13.4. The summed E-state index contributed by atoms with van der Waals surface area (Å²) in [6.07, 6.45) is 16.8. The quantitative estimate of drug-likeness (QED) is 0.0702. The molecule has 5 aromatic rings. The molecule has 1 N–H and O–H groups in total. The van der Waals surface area contributed by atoms with Crippen molar-refractivity contribution in [1.82, 2.24) is 4.98 Å². The number of thioether (sulfide) groups is 1. The minimum absolute atomic E-state index is 0.238. The van der Waals surface area contributed by atoms with E-state index in [2.05, 4.69) is 42.2 Å². The van der Waals surface area contributed by atoms with E-state index in [0.29, 0.717) is 0 Å². The van der Waals surface area contributed by atoms with Crippen molar-refractivity contribution in [3.63, 3.8) is 0 Å². The highest BCUT2D eigenvalue weighted by molar-refractivity contribution is 8.00. The van der Waals surface area contributed by atoms with Crippen LogP contribution in [0.3, 0.4) is 0 Å². The molecule has 3 nitrogen and oxygen atoms in total. The first-order valence-corrected chi connectivity index (χ1v) is 17.4. The average molecular weight is 595 g/mol. The number of thiazole rings is 1. The van der Waals surface area contributed by atoms with Crippen LogP contribution >= 0.6 is 23.1 Å². The van der Waals surface area contributed by atoms with Gasteiger partial charge >= 0.3 is 0 Å². The van der Waals surface area contributed by atoms with Crippen LogP contribution in [-0.2, 0) is 12.2 Å². The lowest BCUT2D eigenvalue weighted by atomic mass is 10.0. The topological polar surface area (TPSA) is 45.5 Å². The number of aromatic hydroxyl groups is 1. The number of fused-ring (bicyclic) bond motifs is 2. The first-order valence-electron chi connectivity index (χ1n) is 15.6. The molecule has 0 fully saturated rings. The maximum atomic E-state index is 10.4. The molecular weight excluding hydrogens is 553 g/mol. The molecular formula is C37H42N2OS2. The van der Waals surface area contributed by atoms with E-state index in [0.717, 1.165) is 42.3 Å². The van der Waals surface area contributed by atoms with Crippen molar-refractivity contribution in [1.29, 1.82) is 0 Å². The first-order chi connectivity index (χ1) is 20.7. The number of rotatable bonds is 16. The maximum Gasteiger partial charge on any atom is 0.151 e. The summed E-state index contributed by atoms with van der Waals surface area (Å²) in [5, 5.41) is 12.5. The molecule has 42 heavy (non-hydrogen) atoms. The number of phenols is 1. The summed E-state index contributed by atoms with van der Waals surface area (Å²) in [4.78, 5) is 9.53.